The van der Waals surface area contributed by atoms with E-state index in [2.05, 4.69) is 10.2 Å². The third-order valence-corrected chi connectivity index (χ3v) is 4.15. The van der Waals surface area contributed by atoms with Gasteiger partial charge in [0.05, 0.1) is 10.8 Å². The third kappa shape index (κ3) is 1.93. The van der Waals surface area contributed by atoms with Crippen molar-refractivity contribution < 1.29 is 9.66 Å². The molecule has 8 nitrogen and oxygen atoms in total. The molecular formula is C12H9N5O3S. The number of H-pyrrole nitrogens is 1. The molecule has 0 aliphatic carbocycles. The van der Waals surface area contributed by atoms with Gasteiger partial charge >= 0.3 is 5.00 Å². The van der Waals surface area contributed by atoms with Gasteiger partial charge in [0.15, 0.2) is 0 Å². The summed E-state index contributed by atoms with van der Waals surface area (Å²) in [6.07, 6.45) is 0. The van der Waals surface area contributed by atoms with E-state index in [-0.39, 0.29) is 16.5 Å². The van der Waals surface area contributed by atoms with Crippen molar-refractivity contribution in [2.24, 2.45) is 5.73 Å². The SMILES string of the molecule is Cc1[nH]nc2c1[C@@H](c1csc([N+](=O)[O-])c1)C(C#N)=C(N)O2. The average molecular weight is 303 g/mol. The molecule has 3 N–H and O–H groups in total. The largest absolute Gasteiger partial charge is 0.420 e. The monoisotopic (exact) mass is 303 g/mol. The number of aromatic nitrogens is 2. The number of thiophene rings is 1. The summed E-state index contributed by atoms with van der Waals surface area (Å²) in [5, 5.41) is 28.6. The number of nitrogens with two attached hydrogens (primary N) is 1. The fourth-order valence-electron chi connectivity index (χ4n) is 2.32. The molecule has 1 aliphatic heterocycles. The number of nitro groups is 1. The number of allylic oxidation sites excluding steroid dienone is 1. The standard InChI is InChI=1S/C12H9N5O3S/c1-5-9-10(6-2-8(17(18)19)21-4-6)7(3-13)11(14)20-12(9)16-15-5/h2,4,10H,14H2,1H3,(H,15,16)/t10-/m0/s1. The zero-order valence-electron chi connectivity index (χ0n) is 10.8. The molecule has 0 aromatic carbocycles. The highest BCUT2D eigenvalue weighted by molar-refractivity contribution is 7.13. The number of aromatic amines is 1. The van der Waals surface area contributed by atoms with Crippen LogP contribution in [0.15, 0.2) is 22.9 Å². The van der Waals surface area contributed by atoms with Crippen LogP contribution < -0.4 is 10.5 Å². The van der Waals surface area contributed by atoms with Crippen molar-refractivity contribution in [3.63, 3.8) is 0 Å². The molecule has 0 saturated carbocycles. The van der Waals surface area contributed by atoms with Crippen molar-refractivity contribution >= 4 is 16.3 Å². The molecule has 9 heteroatoms. The molecule has 3 rings (SSSR count). The Kier molecular flexibility index (Phi) is 2.88. The van der Waals surface area contributed by atoms with Crippen LogP contribution in [0, 0.1) is 28.4 Å². The highest BCUT2D eigenvalue weighted by Gasteiger charge is 2.35. The third-order valence-electron chi connectivity index (χ3n) is 3.25. The van der Waals surface area contributed by atoms with Crippen LogP contribution in [0.2, 0.25) is 0 Å². The second kappa shape index (κ2) is 4.60. The number of hydrogen-bond donors (Lipinski definition) is 2. The Morgan fingerprint density at radius 1 is 1.67 bits per heavy atom. The topological polar surface area (TPSA) is 131 Å². The van der Waals surface area contributed by atoms with Crippen LogP contribution >= 0.6 is 11.3 Å². The lowest BCUT2D eigenvalue weighted by molar-refractivity contribution is -0.380. The number of nitriles is 1. The van der Waals surface area contributed by atoms with Gasteiger partial charge in [-0.3, -0.25) is 15.2 Å². The molecule has 1 aliphatic rings. The van der Waals surface area contributed by atoms with E-state index in [1.54, 1.807) is 12.3 Å². The van der Waals surface area contributed by atoms with Crippen LogP contribution in [0.4, 0.5) is 5.00 Å². The first kappa shape index (κ1) is 13.1. The first-order valence-electron chi connectivity index (χ1n) is 5.88. The van der Waals surface area contributed by atoms with E-state index in [1.807, 2.05) is 6.07 Å². The number of ether oxygens (including phenoxy) is 1. The maximum Gasteiger partial charge on any atom is 0.324 e. The first-order valence-corrected chi connectivity index (χ1v) is 6.76. The maximum atomic E-state index is 10.8. The Labute approximate surface area is 122 Å². The first-order chi connectivity index (χ1) is 10.0. The van der Waals surface area contributed by atoms with E-state index in [4.69, 9.17) is 10.5 Å². The number of rotatable bonds is 2. The van der Waals surface area contributed by atoms with Crippen LogP contribution in [0.5, 0.6) is 5.88 Å². The van der Waals surface area contributed by atoms with Crippen molar-refractivity contribution in [1.82, 2.24) is 10.2 Å². The van der Waals surface area contributed by atoms with Crippen LogP contribution in [0.3, 0.4) is 0 Å². The lowest BCUT2D eigenvalue weighted by Gasteiger charge is -2.22. The van der Waals surface area contributed by atoms with Gasteiger partial charge < -0.3 is 10.5 Å². The van der Waals surface area contributed by atoms with Gasteiger partial charge in [-0.1, -0.05) is 11.3 Å². The van der Waals surface area contributed by atoms with Gasteiger partial charge in [0.1, 0.15) is 11.6 Å². The molecule has 0 bridgehead atoms. The Morgan fingerprint density at radius 3 is 3.05 bits per heavy atom. The minimum Gasteiger partial charge on any atom is -0.420 e. The minimum atomic E-state index is -0.512. The predicted octanol–water partition coefficient (Wildman–Crippen LogP) is 1.91. The van der Waals surface area contributed by atoms with Gasteiger partial charge in [-0.05, 0) is 12.5 Å². The number of aryl methyl sites for hydroxylation is 1. The van der Waals surface area contributed by atoms with Crippen LogP contribution in [0.1, 0.15) is 22.7 Å². The smallest absolute Gasteiger partial charge is 0.324 e. The van der Waals surface area contributed by atoms with E-state index in [9.17, 15) is 15.4 Å². The predicted molar refractivity (Wildman–Crippen MR) is 73.6 cm³/mol. The van der Waals surface area contributed by atoms with Crippen LogP contribution in [0.25, 0.3) is 0 Å². The van der Waals surface area contributed by atoms with Crippen molar-refractivity contribution in [3.05, 3.63) is 49.8 Å². The highest BCUT2D eigenvalue weighted by atomic mass is 32.1. The molecule has 0 radical (unpaired) electrons. The molecule has 106 valence electrons. The molecule has 0 spiro atoms. The maximum absolute atomic E-state index is 10.8. The zero-order valence-corrected chi connectivity index (χ0v) is 11.6. The van der Waals surface area contributed by atoms with E-state index < -0.39 is 10.8 Å². The molecule has 0 saturated heterocycles. The van der Waals surface area contributed by atoms with Gasteiger partial charge in [0.2, 0.25) is 11.8 Å². The highest BCUT2D eigenvalue weighted by Crippen LogP contribution is 2.44. The summed E-state index contributed by atoms with van der Waals surface area (Å²) in [6, 6.07) is 3.47. The molecule has 0 unspecified atom stereocenters. The fourth-order valence-corrected chi connectivity index (χ4v) is 3.07. The average Bonchev–Trinajstić information content (AvgIpc) is 3.05. The molecule has 2 aromatic rings. The molecular weight excluding hydrogens is 294 g/mol. The summed E-state index contributed by atoms with van der Waals surface area (Å²) < 4.78 is 5.32. The zero-order chi connectivity index (χ0) is 15.1. The molecule has 21 heavy (non-hydrogen) atoms. The van der Waals surface area contributed by atoms with E-state index >= 15 is 0 Å². The summed E-state index contributed by atoms with van der Waals surface area (Å²) in [5.41, 5.74) is 8.01. The summed E-state index contributed by atoms with van der Waals surface area (Å²) in [7, 11) is 0. The molecule has 3 heterocycles. The Morgan fingerprint density at radius 2 is 2.43 bits per heavy atom. The second-order valence-corrected chi connectivity index (χ2v) is 5.36. The number of hydrogen-bond acceptors (Lipinski definition) is 7. The Balaban J connectivity index is 2.19. The molecule has 0 fully saturated rings. The van der Waals surface area contributed by atoms with E-state index in [1.165, 1.54) is 6.07 Å². The van der Waals surface area contributed by atoms with E-state index in [0.29, 0.717) is 17.0 Å². The lowest BCUT2D eigenvalue weighted by atomic mass is 9.85. The normalized spacial score (nSPS) is 17.0. The number of nitrogens with zero attached hydrogens (tertiary/aromatic N) is 3. The Hall–Kier alpha value is -2.86. The van der Waals surface area contributed by atoms with Crippen molar-refractivity contribution in [3.8, 4) is 11.9 Å². The Bertz CT molecular complexity index is 813. The van der Waals surface area contributed by atoms with Gasteiger partial charge in [-0.2, -0.15) is 5.26 Å². The van der Waals surface area contributed by atoms with Gasteiger partial charge in [0.25, 0.3) is 0 Å². The lowest BCUT2D eigenvalue weighted by Crippen LogP contribution is -2.20. The van der Waals surface area contributed by atoms with Gasteiger partial charge in [-0.25, -0.2) is 0 Å². The van der Waals surface area contributed by atoms with Crippen molar-refractivity contribution in [2.45, 2.75) is 12.8 Å². The van der Waals surface area contributed by atoms with E-state index in [0.717, 1.165) is 17.0 Å². The quantitative estimate of drug-likeness (QED) is 0.643. The van der Waals surface area contributed by atoms with Crippen LogP contribution in [-0.4, -0.2) is 15.1 Å². The second-order valence-electron chi connectivity index (χ2n) is 4.47. The fraction of sp³-hybridized carbons (Fsp3) is 0.167. The summed E-state index contributed by atoms with van der Waals surface area (Å²) in [6.45, 7) is 1.79. The number of fused-ring (bicyclic) bond motifs is 1. The van der Waals surface area contributed by atoms with Crippen molar-refractivity contribution in [2.75, 3.05) is 0 Å². The van der Waals surface area contributed by atoms with Crippen LogP contribution in [-0.2, 0) is 0 Å². The summed E-state index contributed by atoms with van der Waals surface area (Å²) in [4.78, 5) is 10.4. The van der Waals surface area contributed by atoms with Crippen molar-refractivity contribution in [1.29, 1.82) is 5.26 Å². The van der Waals surface area contributed by atoms with Gasteiger partial charge in [-0.15, -0.1) is 5.10 Å². The minimum absolute atomic E-state index is 0.00931. The summed E-state index contributed by atoms with van der Waals surface area (Å²) in [5.74, 6) is -0.249. The molecule has 1 atom stereocenters. The van der Waals surface area contributed by atoms with Gasteiger partial charge in [0, 0.05) is 22.7 Å². The summed E-state index contributed by atoms with van der Waals surface area (Å²) >= 11 is 1.00. The molecule has 2 aromatic heterocycles. The number of nitrogens with one attached hydrogen (secondary N) is 1. The molecule has 0 amide bonds.